The van der Waals surface area contributed by atoms with Gasteiger partial charge in [0.25, 0.3) is 0 Å². The number of esters is 1. The van der Waals surface area contributed by atoms with E-state index in [1.165, 1.54) is 19.2 Å². The molecule has 0 fully saturated rings. The first-order chi connectivity index (χ1) is 7.36. The van der Waals surface area contributed by atoms with Crippen LogP contribution in [0.5, 0.6) is 0 Å². The lowest BCUT2D eigenvalue weighted by Gasteiger charge is -2.13. The van der Waals surface area contributed by atoms with Crippen molar-refractivity contribution < 1.29 is 18.3 Å². The van der Waals surface area contributed by atoms with Crippen molar-refractivity contribution in [1.82, 2.24) is 0 Å². The van der Waals surface area contributed by atoms with Crippen LogP contribution < -0.4 is 0 Å². The number of carbonyl (C=O) groups excluding carboxylic acids is 1. The molecule has 0 amide bonds. The van der Waals surface area contributed by atoms with Crippen molar-refractivity contribution in [3.8, 4) is 0 Å². The summed E-state index contributed by atoms with van der Waals surface area (Å²) in [6.45, 7) is 7.55. The Morgan fingerprint density at radius 2 is 2.06 bits per heavy atom. The molecule has 0 aromatic carbocycles. The highest BCUT2D eigenvalue weighted by Gasteiger charge is 2.43. The fourth-order valence-electron chi connectivity index (χ4n) is 0.702. The number of hydrogen-bond donors (Lipinski definition) is 0. The van der Waals surface area contributed by atoms with Crippen molar-refractivity contribution in [2.24, 2.45) is 4.99 Å². The average molecular weight is 231 g/mol. The normalized spacial score (nSPS) is 13.6. The largest absolute Gasteiger partial charge is 0.461 e. The summed E-state index contributed by atoms with van der Waals surface area (Å²) >= 11 is 0. The maximum atomic E-state index is 13.3. The molecule has 0 saturated heterocycles. The fraction of sp³-hybridized carbons (Fsp3) is 0.455. The van der Waals surface area contributed by atoms with Crippen LogP contribution in [-0.2, 0) is 9.53 Å². The highest BCUT2D eigenvalue weighted by atomic mass is 19.3. The number of allylic oxidation sites excluding steroid dienone is 2. The van der Waals surface area contributed by atoms with E-state index in [9.17, 15) is 13.6 Å². The van der Waals surface area contributed by atoms with E-state index < -0.39 is 17.6 Å². The number of hydrogen-bond acceptors (Lipinski definition) is 3. The Labute approximate surface area is 93.5 Å². The van der Waals surface area contributed by atoms with E-state index in [1.54, 1.807) is 6.92 Å². The Hall–Kier alpha value is -1.52. The number of ether oxygens (including phenoxy) is 1. The number of halogens is 2. The van der Waals surface area contributed by atoms with Crippen LogP contribution in [-0.4, -0.2) is 24.2 Å². The number of alkyl halides is 2. The zero-order valence-corrected chi connectivity index (χ0v) is 9.59. The fourth-order valence-corrected chi connectivity index (χ4v) is 0.702. The Morgan fingerprint density at radius 1 is 1.50 bits per heavy atom. The quantitative estimate of drug-likeness (QED) is 0.414. The second-order valence-corrected chi connectivity index (χ2v) is 3.09. The highest BCUT2D eigenvalue weighted by molar-refractivity contribution is 6.07. The lowest BCUT2D eigenvalue weighted by atomic mass is 10.2. The van der Waals surface area contributed by atoms with Gasteiger partial charge in [-0.1, -0.05) is 12.7 Å². The Morgan fingerprint density at radius 3 is 2.50 bits per heavy atom. The summed E-state index contributed by atoms with van der Waals surface area (Å²) in [6, 6.07) is 0. The van der Waals surface area contributed by atoms with Gasteiger partial charge in [0.15, 0.2) is 0 Å². The standard InChI is InChI=1S/C11H15F2NO2/c1-5-8(3)7-14-9(4)11(12,13)10(15)16-6-2/h5,7H,1,6H2,2-4H3/b8-7-,14-9?. The Kier molecular flexibility index (Phi) is 5.56. The Balaban J connectivity index is 4.88. The van der Waals surface area contributed by atoms with Gasteiger partial charge in [0.05, 0.1) is 12.3 Å². The van der Waals surface area contributed by atoms with Gasteiger partial charge in [-0.2, -0.15) is 8.78 Å². The first kappa shape index (κ1) is 14.5. The molecule has 3 nitrogen and oxygen atoms in total. The van der Waals surface area contributed by atoms with Crippen LogP contribution >= 0.6 is 0 Å². The second kappa shape index (κ2) is 6.15. The van der Waals surface area contributed by atoms with Gasteiger partial charge in [-0.3, -0.25) is 4.99 Å². The maximum absolute atomic E-state index is 13.3. The molecular formula is C11H15F2NO2. The minimum absolute atomic E-state index is 0.0940. The minimum atomic E-state index is -3.69. The molecule has 0 heterocycles. The van der Waals surface area contributed by atoms with Crippen molar-refractivity contribution in [2.45, 2.75) is 26.7 Å². The monoisotopic (exact) mass is 231 g/mol. The van der Waals surface area contributed by atoms with E-state index in [-0.39, 0.29) is 6.61 Å². The summed E-state index contributed by atoms with van der Waals surface area (Å²) < 4.78 is 30.8. The van der Waals surface area contributed by atoms with Gasteiger partial charge in [0.2, 0.25) is 0 Å². The molecular weight excluding hydrogens is 216 g/mol. The molecule has 5 heteroatoms. The first-order valence-electron chi connectivity index (χ1n) is 4.75. The lowest BCUT2D eigenvalue weighted by Crippen LogP contribution is -2.37. The summed E-state index contributed by atoms with van der Waals surface area (Å²) in [6.07, 6.45) is 2.69. The van der Waals surface area contributed by atoms with Crippen LogP contribution in [0.25, 0.3) is 0 Å². The van der Waals surface area contributed by atoms with E-state index >= 15 is 0 Å². The molecule has 90 valence electrons. The topological polar surface area (TPSA) is 38.7 Å². The smallest absolute Gasteiger partial charge is 0.383 e. The molecule has 0 aliphatic heterocycles. The Bertz CT molecular complexity index is 333. The van der Waals surface area contributed by atoms with Crippen molar-refractivity contribution in [1.29, 1.82) is 0 Å². The van der Waals surface area contributed by atoms with Gasteiger partial charge in [0, 0.05) is 6.20 Å². The van der Waals surface area contributed by atoms with Gasteiger partial charge in [-0.05, 0) is 26.3 Å². The van der Waals surface area contributed by atoms with Crippen molar-refractivity contribution in [3.05, 3.63) is 24.4 Å². The van der Waals surface area contributed by atoms with Crippen LogP contribution in [0.4, 0.5) is 8.78 Å². The lowest BCUT2D eigenvalue weighted by molar-refractivity contribution is -0.162. The molecule has 0 bridgehead atoms. The van der Waals surface area contributed by atoms with E-state index in [1.807, 2.05) is 0 Å². The third-order valence-electron chi connectivity index (χ3n) is 1.77. The molecule has 0 N–H and O–H groups in total. The van der Waals surface area contributed by atoms with Gasteiger partial charge in [-0.25, -0.2) is 4.79 Å². The molecule has 0 aromatic rings. The van der Waals surface area contributed by atoms with E-state index in [0.717, 1.165) is 6.92 Å². The first-order valence-corrected chi connectivity index (χ1v) is 4.75. The van der Waals surface area contributed by atoms with Crippen LogP contribution in [0.2, 0.25) is 0 Å². The molecule has 0 aliphatic carbocycles. The molecule has 0 radical (unpaired) electrons. The van der Waals surface area contributed by atoms with E-state index in [2.05, 4.69) is 16.3 Å². The highest BCUT2D eigenvalue weighted by Crippen LogP contribution is 2.18. The summed E-state index contributed by atoms with van der Waals surface area (Å²) in [4.78, 5) is 14.4. The summed E-state index contributed by atoms with van der Waals surface area (Å²) in [5, 5.41) is 0. The number of rotatable bonds is 5. The van der Waals surface area contributed by atoms with Crippen LogP contribution in [0, 0.1) is 0 Å². The predicted molar refractivity (Wildman–Crippen MR) is 58.6 cm³/mol. The molecule has 0 atom stereocenters. The van der Waals surface area contributed by atoms with E-state index in [0.29, 0.717) is 5.57 Å². The number of carbonyl (C=O) groups is 1. The third kappa shape index (κ3) is 3.92. The maximum Gasteiger partial charge on any atom is 0.383 e. The predicted octanol–water partition coefficient (Wildman–Crippen LogP) is 2.74. The summed E-state index contributed by atoms with van der Waals surface area (Å²) in [5.41, 5.74) is 0.0196. The molecule has 0 saturated carbocycles. The average Bonchev–Trinajstić information content (AvgIpc) is 2.25. The molecule has 0 spiro atoms. The van der Waals surface area contributed by atoms with Crippen LogP contribution in [0.15, 0.2) is 29.4 Å². The van der Waals surface area contributed by atoms with Gasteiger partial charge in [0.1, 0.15) is 0 Å². The number of aliphatic imine (C=N–C) groups is 1. The molecule has 0 aliphatic rings. The summed E-state index contributed by atoms with van der Waals surface area (Å²) in [5.74, 6) is -5.27. The van der Waals surface area contributed by atoms with Gasteiger partial charge in [-0.15, -0.1) is 0 Å². The second-order valence-electron chi connectivity index (χ2n) is 3.09. The molecule has 16 heavy (non-hydrogen) atoms. The van der Waals surface area contributed by atoms with Gasteiger partial charge < -0.3 is 4.74 Å². The minimum Gasteiger partial charge on any atom is -0.461 e. The third-order valence-corrected chi connectivity index (χ3v) is 1.77. The van der Waals surface area contributed by atoms with Crippen molar-refractivity contribution >= 4 is 11.7 Å². The van der Waals surface area contributed by atoms with Crippen molar-refractivity contribution in [3.63, 3.8) is 0 Å². The van der Waals surface area contributed by atoms with Crippen LogP contribution in [0.3, 0.4) is 0 Å². The molecule has 0 rings (SSSR count). The zero-order chi connectivity index (χ0) is 12.8. The van der Waals surface area contributed by atoms with E-state index in [4.69, 9.17) is 0 Å². The molecule has 0 unspecified atom stereocenters. The summed E-state index contributed by atoms with van der Waals surface area (Å²) in [7, 11) is 0. The van der Waals surface area contributed by atoms with Crippen molar-refractivity contribution in [2.75, 3.05) is 6.61 Å². The van der Waals surface area contributed by atoms with Crippen LogP contribution in [0.1, 0.15) is 20.8 Å². The number of nitrogens with zero attached hydrogens (tertiary/aromatic N) is 1. The molecule has 0 aromatic heterocycles. The zero-order valence-electron chi connectivity index (χ0n) is 9.59. The van der Waals surface area contributed by atoms with Gasteiger partial charge >= 0.3 is 11.9 Å². The SMILES string of the molecule is C=C/C(C)=C\N=C(C)C(F)(F)C(=O)OCC.